The van der Waals surface area contributed by atoms with Crippen LogP contribution in [-0.4, -0.2) is 30.1 Å². The highest BCUT2D eigenvalue weighted by atomic mass is 15.2. The summed E-state index contributed by atoms with van der Waals surface area (Å²) >= 11 is 0. The first-order valence-corrected chi connectivity index (χ1v) is 7.27. The van der Waals surface area contributed by atoms with E-state index in [0.717, 1.165) is 18.9 Å². The van der Waals surface area contributed by atoms with Crippen LogP contribution in [0.3, 0.4) is 0 Å². The van der Waals surface area contributed by atoms with Gasteiger partial charge in [-0.05, 0) is 24.3 Å². The molecule has 0 saturated carbocycles. The third kappa shape index (κ3) is 5.39. The zero-order valence-corrected chi connectivity index (χ0v) is 13.1. The molecule has 0 amide bonds. The van der Waals surface area contributed by atoms with Crippen LogP contribution in [0.25, 0.3) is 0 Å². The van der Waals surface area contributed by atoms with E-state index in [1.807, 2.05) is 0 Å². The second kappa shape index (κ2) is 7.38. The third-order valence-electron chi connectivity index (χ3n) is 3.81. The molecule has 0 bridgehead atoms. The summed E-state index contributed by atoms with van der Waals surface area (Å²) in [5.41, 5.74) is 6.60. The van der Waals surface area contributed by atoms with E-state index in [0.29, 0.717) is 6.04 Å². The van der Waals surface area contributed by atoms with Crippen molar-refractivity contribution in [1.82, 2.24) is 4.90 Å². The Morgan fingerprint density at radius 1 is 1.06 bits per heavy atom. The Kier molecular flexibility index (Phi) is 7.34. The lowest BCUT2D eigenvalue weighted by Gasteiger charge is -2.44. The molecule has 2 nitrogen and oxygen atoms in total. The third-order valence-corrected chi connectivity index (χ3v) is 3.81. The Bertz CT molecular complexity index is 196. The molecule has 2 heteroatoms. The Morgan fingerprint density at radius 3 is 1.88 bits per heavy atom. The molecule has 0 spiro atoms. The van der Waals surface area contributed by atoms with Crippen LogP contribution in [0.2, 0.25) is 0 Å². The highest BCUT2D eigenvalue weighted by Gasteiger charge is 2.33. The van der Waals surface area contributed by atoms with Crippen molar-refractivity contribution in [2.24, 2.45) is 17.1 Å². The number of nitrogens with two attached hydrogens (primary N) is 1. The Labute approximate surface area is 109 Å². The lowest BCUT2D eigenvalue weighted by atomic mass is 9.80. The highest BCUT2D eigenvalue weighted by molar-refractivity contribution is 4.90. The summed E-state index contributed by atoms with van der Waals surface area (Å²) in [4.78, 5) is 2.59. The molecule has 2 N–H and O–H groups in total. The van der Waals surface area contributed by atoms with E-state index in [4.69, 9.17) is 5.73 Å². The van der Waals surface area contributed by atoms with Crippen molar-refractivity contribution >= 4 is 0 Å². The number of likely N-dealkylation sites (N-methyl/N-ethyl adjacent to an activating group) is 1. The van der Waals surface area contributed by atoms with Crippen LogP contribution in [0.1, 0.15) is 61.3 Å². The van der Waals surface area contributed by atoms with Crippen molar-refractivity contribution in [3.63, 3.8) is 0 Å². The van der Waals surface area contributed by atoms with Crippen LogP contribution in [0.5, 0.6) is 0 Å². The minimum absolute atomic E-state index is 0.249. The smallest absolute Gasteiger partial charge is 0.0295 e. The number of hydrogen-bond acceptors (Lipinski definition) is 2. The zero-order chi connectivity index (χ0) is 13.6. The molecule has 0 fully saturated rings. The van der Waals surface area contributed by atoms with Crippen molar-refractivity contribution in [3.05, 3.63) is 0 Å². The van der Waals surface area contributed by atoms with Gasteiger partial charge in [-0.3, -0.25) is 4.90 Å². The second-order valence-electron chi connectivity index (χ2n) is 6.48. The average molecular weight is 242 g/mol. The van der Waals surface area contributed by atoms with Crippen LogP contribution in [-0.2, 0) is 0 Å². The van der Waals surface area contributed by atoms with Gasteiger partial charge in [0.25, 0.3) is 0 Å². The first kappa shape index (κ1) is 16.9. The van der Waals surface area contributed by atoms with E-state index < -0.39 is 0 Å². The van der Waals surface area contributed by atoms with Gasteiger partial charge in [0.15, 0.2) is 0 Å². The van der Waals surface area contributed by atoms with Crippen molar-refractivity contribution in [3.8, 4) is 0 Å². The molecule has 0 aromatic carbocycles. The summed E-state index contributed by atoms with van der Waals surface area (Å²) in [7, 11) is 0. The lowest BCUT2D eigenvalue weighted by Crippen LogP contribution is -2.55. The molecule has 0 aromatic heterocycles. The van der Waals surface area contributed by atoms with E-state index in [1.165, 1.54) is 13.0 Å². The van der Waals surface area contributed by atoms with E-state index in [-0.39, 0.29) is 11.5 Å². The SMILES string of the molecule is CCC(C)CN(CC)C(C(N)CC)C(C)(C)C. The van der Waals surface area contributed by atoms with Gasteiger partial charge in [-0.2, -0.15) is 0 Å². The molecule has 3 atom stereocenters. The molecule has 17 heavy (non-hydrogen) atoms. The van der Waals surface area contributed by atoms with Gasteiger partial charge in [0.05, 0.1) is 0 Å². The Morgan fingerprint density at radius 2 is 1.59 bits per heavy atom. The van der Waals surface area contributed by atoms with Crippen LogP contribution in [0, 0.1) is 11.3 Å². The largest absolute Gasteiger partial charge is 0.326 e. The van der Waals surface area contributed by atoms with Gasteiger partial charge in [-0.25, -0.2) is 0 Å². The quantitative estimate of drug-likeness (QED) is 0.740. The zero-order valence-electron chi connectivity index (χ0n) is 13.1. The molecule has 0 aliphatic heterocycles. The van der Waals surface area contributed by atoms with Crippen LogP contribution < -0.4 is 5.73 Å². The number of hydrogen-bond donors (Lipinski definition) is 1. The number of nitrogens with zero attached hydrogens (tertiary/aromatic N) is 1. The van der Waals surface area contributed by atoms with Crippen molar-refractivity contribution < 1.29 is 0 Å². The molecule has 0 saturated heterocycles. The average Bonchev–Trinajstić information content (AvgIpc) is 2.25. The first-order chi connectivity index (χ1) is 7.77. The van der Waals surface area contributed by atoms with Gasteiger partial charge in [-0.15, -0.1) is 0 Å². The molecule has 104 valence electrons. The molecular formula is C15H34N2. The van der Waals surface area contributed by atoms with Gasteiger partial charge < -0.3 is 5.73 Å². The lowest BCUT2D eigenvalue weighted by molar-refractivity contribution is 0.0682. The second-order valence-corrected chi connectivity index (χ2v) is 6.48. The minimum Gasteiger partial charge on any atom is -0.326 e. The van der Waals surface area contributed by atoms with E-state index in [2.05, 4.69) is 53.4 Å². The highest BCUT2D eigenvalue weighted by Crippen LogP contribution is 2.28. The van der Waals surface area contributed by atoms with Gasteiger partial charge in [0.2, 0.25) is 0 Å². The maximum atomic E-state index is 6.36. The van der Waals surface area contributed by atoms with E-state index in [9.17, 15) is 0 Å². The molecule has 0 heterocycles. The predicted molar refractivity (Wildman–Crippen MR) is 78.2 cm³/mol. The first-order valence-electron chi connectivity index (χ1n) is 7.27. The fourth-order valence-electron chi connectivity index (χ4n) is 2.65. The Balaban J connectivity index is 4.86. The molecule has 0 aliphatic rings. The monoisotopic (exact) mass is 242 g/mol. The maximum absolute atomic E-state index is 6.36. The molecule has 0 aromatic rings. The summed E-state index contributed by atoms with van der Waals surface area (Å²) in [5, 5.41) is 0. The minimum atomic E-state index is 0.249. The standard InChI is InChI=1S/C15H34N2/c1-8-12(4)11-17(10-3)14(13(16)9-2)15(5,6)7/h12-14H,8-11,16H2,1-7H3. The molecule has 3 unspecified atom stereocenters. The topological polar surface area (TPSA) is 29.3 Å². The van der Waals surface area contributed by atoms with Gasteiger partial charge in [0.1, 0.15) is 0 Å². The van der Waals surface area contributed by atoms with E-state index >= 15 is 0 Å². The summed E-state index contributed by atoms with van der Waals surface area (Å²) in [6, 6.07) is 0.755. The molecule has 0 radical (unpaired) electrons. The normalized spacial score (nSPS) is 18.2. The van der Waals surface area contributed by atoms with Crippen LogP contribution in [0.15, 0.2) is 0 Å². The van der Waals surface area contributed by atoms with Gasteiger partial charge >= 0.3 is 0 Å². The summed E-state index contributed by atoms with van der Waals surface area (Å²) in [5.74, 6) is 0.754. The Hall–Kier alpha value is -0.0800. The van der Waals surface area contributed by atoms with Crippen molar-refractivity contribution in [2.45, 2.75) is 73.4 Å². The maximum Gasteiger partial charge on any atom is 0.0295 e. The van der Waals surface area contributed by atoms with E-state index in [1.54, 1.807) is 0 Å². The van der Waals surface area contributed by atoms with Crippen molar-refractivity contribution in [2.75, 3.05) is 13.1 Å². The molecule has 0 aliphatic carbocycles. The molecular weight excluding hydrogens is 208 g/mol. The van der Waals surface area contributed by atoms with Crippen molar-refractivity contribution in [1.29, 1.82) is 0 Å². The number of rotatable bonds is 7. The summed E-state index contributed by atoms with van der Waals surface area (Å²) in [6.07, 6.45) is 2.30. The van der Waals surface area contributed by atoms with Gasteiger partial charge in [-0.1, -0.05) is 54.9 Å². The fourth-order valence-corrected chi connectivity index (χ4v) is 2.65. The summed E-state index contributed by atoms with van der Waals surface area (Å²) in [6.45, 7) is 18.3. The van der Waals surface area contributed by atoms with Crippen LogP contribution in [0.4, 0.5) is 0 Å². The fraction of sp³-hybridized carbons (Fsp3) is 1.00. The van der Waals surface area contributed by atoms with Crippen LogP contribution >= 0.6 is 0 Å². The molecule has 0 rings (SSSR count). The predicted octanol–water partition coefficient (Wildman–Crippen LogP) is 3.51. The van der Waals surface area contributed by atoms with Gasteiger partial charge in [0, 0.05) is 18.6 Å². The summed E-state index contributed by atoms with van der Waals surface area (Å²) < 4.78 is 0.